The zero-order valence-electron chi connectivity index (χ0n) is 15.3. The van der Waals surface area contributed by atoms with Crippen LogP contribution in [-0.4, -0.2) is 29.9 Å². The topological polar surface area (TPSA) is 83.1 Å². The summed E-state index contributed by atoms with van der Waals surface area (Å²) in [7, 11) is 0. The first-order chi connectivity index (χ1) is 12.6. The van der Waals surface area contributed by atoms with E-state index in [4.69, 9.17) is 0 Å². The lowest BCUT2D eigenvalue weighted by atomic mass is 9.93. The van der Waals surface area contributed by atoms with Crippen molar-refractivity contribution in [3.8, 4) is 11.3 Å². The third-order valence-electron chi connectivity index (χ3n) is 4.49. The van der Waals surface area contributed by atoms with Crippen LogP contribution in [0.3, 0.4) is 0 Å². The monoisotopic (exact) mass is 408 g/mol. The number of nitrogens with one attached hydrogen (secondary N) is 3. The zero-order valence-corrected chi connectivity index (χ0v) is 16.9. The van der Waals surface area contributed by atoms with Crippen LogP contribution in [-0.2, 0) is 9.59 Å². The predicted molar refractivity (Wildman–Crippen MR) is 113 cm³/mol. The van der Waals surface area contributed by atoms with Gasteiger partial charge in [0.2, 0.25) is 11.8 Å². The maximum atomic E-state index is 12.1. The van der Waals surface area contributed by atoms with Crippen LogP contribution >= 0.6 is 23.7 Å². The Balaban J connectivity index is 0.00000261. The Morgan fingerprint density at radius 3 is 2.56 bits per heavy atom. The van der Waals surface area contributed by atoms with E-state index < -0.39 is 0 Å². The maximum Gasteiger partial charge on any atom is 0.226 e. The first kappa shape index (κ1) is 21.3. The SMILES string of the molecule is CC(=O)Nc1ccc(-c2csc(NC(=O)CCC3CCNCC3)n2)cc1.Cl. The highest BCUT2D eigenvalue weighted by Crippen LogP contribution is 2.26. The molecule has 0 saturated carbocycles. The van der Waals surface area contributed by atoms with Crippen LogP contribution < -0.4 is 16.0 Å². The van der Waals surface area contributed by atoms with Gasteiger partial charge in [0.15, 0.2) is 5.13 Å². The summed E-state index contributed by atoms with van der Waals surface area (Å²) < 4.78 is 0. The molecule has 1 aromatic carbocycles. The molecular formula is C19H25ClN4O2S. The fraction of sp³-hybridized carbons (Fsp3) is 0.421. The van der Waals surface area contributed by atoms with E-state index in [2.05, 4.69) is 20.9 Å². The molecule has 146 valence electrons. The molecule has 2 heterocycles. The number of hydrogen-bond donors (Lipinski definition) is 3. The molecule has 1 saturated heterocycles. The number of aromatic nitrogens is 1. The Labute approximate surface area is 169 Å². The fourth-order valence-electron chi connectivity index (χ4n) is 3.08. The molecule has 3 rings (SSSR count). The molecule has 6 nitrogen and oxygen atoms in total. The molecule has 1 aromatic heterocycles. The van der Waals surface area contributed by atoms with Crippen molar-refractivity contribution in [3.63, 3.8) is 0 Å². The van der Waals surface area contributed by atoms with Crippen molar-refractivity contribution in [2.45, 2.75) is 32.6 Å². The molecule has 1 aliphatic rings. The van der Waals surface area contributed by atoms with Crippen LogP contribution in [0.1, 0.15) is 32.6 Å². The van der Waals surface area contributed by atoms with Crippen molar-refractivity contribution in [1.29, 1.82) is 0 Å². The van der Waals surface area contributed by atoms with Gasteiger partial charge in [0.05, 0.1) is 5.69 Å². The largest absolute Gasteiger partial charge is 0.326 e. The molecule has 0 bridgehead atoms. The van der Waals surface area contributed by atoms with Gasteiger partial charge in [-0.25, -0.2) is 4.98 Å². The van der Waals surface area contributed by atoms with Gasteiger partial charge in [-0.05, 0) is 50.4 Å². The standard InChI is InChI=1S/C19H24N4O2S.ClH/c1-13(24)21-16-5-3-15(4-6-16)17-12-26-19(22-17)23-18(25)7-2-14-8-10-20-11-9-14;/h3-6,12,14,20H,2,7-11H2,1H3,(H,21,24)(H,22,23,25);1H. The summed E-state index contributed by atoms with van der Waals surface area (Å²) in [4.78, 5) is 27.7. The van der Waals surface area contributed by atoms with Crippen LogP contribution in [0.4, 0.5) is 10.8 Å². The van der Waals surface area contributed by atoms with E-state index in [0.717, 1.165) is 49.3 Å². The minimum absolute atomic E-state index is 0. The summed E-state index contributed by atoms with van der Waals surface area (Å²) in [5, 5.41) is 11.5. The minimum atomic E-state index is -0.0964. The van der Waals surface area contributed by atoms with Gasteiger partial charge in [0.1, 0.15) is 0 Å². The molecule has 0 spiro atoms. The van der Waals surface area contributed by atoms with Gasteiger partial charge in [0, 0.05) is 30.0 Å². The lowest BCUT2D eigenvalue weighted by Gasteiger charge is -2.21. The molecule has 8 heteroatoms. The molecule has 2 aromatic rings. The highest BCUT2D eigenvalue weighted by molar-refractivity contribution is 7.14. The van der Waals surface area contributed by atoms with E-state index in [-0.39, 0.29) is 24.2 Å². The summed E-state index contributed by atoms with van der Waals surface area (Å²) in [6, 6.07) is 7.49. The molecule has 3 N–H and O–H groups in total. The molecule has 2 amide bonds. The van der Waals surface area contributed by atoms with E-state index in [0.29, 0.717) is 17.5 Å². The summed E-state index contributed by atoms with van der Waals surface area (Å²) in [5.41, 5.74) is 2.52. The normalized spacial score (nSPS) is 14.3. The highest BCUT2D eigenvalue weighted by Gasteiger charge is 2.15. The van der Waals surface area contributed by atoms with E-state index in [1.165, 1.54) is 18.3 Å². The van der Waals surface area contributed by atoms with Crippen molar-refractivity contribution in [3.05, 3.63) is 29.6 Å². The Bertz CT molecular complexity index is 757. The van der Waals surface area contributed by atoms with E-state index in [1.807, 2.05) is 29.6 Å². The number of halogens is 1. The predicted octanol–water partition coefficient (Wildman–Crippen LogP) is 3.91. The minimum Gasteiger partial charge on any atom is -0.326 e. The number of hydrogen-bond acceptors (Lipinski definition) is 5. The van der Waals surface area contributed by atoms with E-state index >= 15 is 0 Å². The van der Waals surface area contributed by atoms with Gasteiger partial charge in [-0.15, -0.1) is 23.7 Å². The molecule has 0 atom stereocenters. The third kappa shape index (κ3) is 6.61. The average Bonchev–Trinajstić information content (AvgIpc) is 3.09. The lowest BCUT2D eigenvalue weighted by molar-refractivity contribution is -0.116. The average molecular weight is 409 g/mol. The second kappa shape index (κ2) is 10.4. The number of thiazole rings is 1. The second-order valence-corrected chi connectivity index (χ2v) is 7.43. The van der Waals surface area contributed by atoms with Crippen LogP contribution in [0.5, 0.6) is 0 Å². The molecule has 27 heavy (non-hydrogen) atoms. The van der Waals surface area contributed by atoms with Crippen LogP contribution in [0.15, 0.2) is 29.6 Å². The maximum absolute atomic E-state index is 12.1. The first-order valence-corrected chi connectivity index (χ1v) is 9.82. The lowest BCUT2D eigenvalue weighted by Crippen LogP contribution is -2.28. The Morgan fingerprint density at radius 1 is 1.19 bits per heavy atom. The zero-order chi connectivity index (χ0) is 18.4. The fourth-order valence-corrected chi connectivity index (χ4v) is 3.81. The molecule has 1 aliphatic heterocycles. The molecule has 0 radical (unpaired) electrons. The number of piperidine rings is 1. The number of carbonyl (C=O) groups excluding carboxylic acids is 2. The Morgan fingerprint density at radius 2 is 1.89 bits per heavy atom. The van der Waals surface area contributed by atoms with Crippen molar-refractivity contribution >= 4 is 46.4 Å². The third-order valence-corrected chi connectivity index (χ3v) is 5.25. The van der Waals surface area contributed by atoms with Gasteiger partial charge < -0.3 is 16.0 Å². The van der Waals surface area contributed by atoms with Gasteiger partial charge in [-0.2, -0.15) is 0 Å². The van der Waals surface area contributed by atoms with Gasteiger partial charge >= 0.3 is 0 Å². The van der Waals surface area contributed by atoms with Crippen molar-refractivity contribution < 1.29 is 9.59 Å². The Kier molecular flexibility index (Phi) is 8.22. The first-order valence-electron chi connectivity index (χ1n) is 8.94. The van der Waals surface area contributed by atoms with Gasteiger partial charge in [0.25, 0.3) is 0 Å². The van der Waals surface area contributed by atoms with E-state index in [1.54, 1.807) is 0 Å². The molecular weight excluding hydrogens is 384 g/mol. The smallest absolute Gasteiger partial charge is 0.226 e. The van der Waals surface area contributed by atoms with Crippen molar-refractivity contribution in [2.75, 3.05) is 23.7 Å². The molecule has 1 fully saturated rings. The second-order valence-electron chi connectivity index (χ2n) is 6.58. The quantitative estimate of drug-likeness (QED) is 0.676. The number of anilines is 2. The summed E-state index contributed by atoms with van der Waals surface area (Å²) in [6.45, 7) is 3.60. The summed E-state index contributed by atoms with van der Waals surface area (Å²) in [5.74, 6) is 0.585. The summed E-state index contributed by atoms with van der Waals surface area (Å²) in [6.07, 6.45) is 3.80. The number of rotatable bonds is 6. The van der Waals surface area contributed by atoms with Gasteiger partial charge in [-0.1, -0.05) is 12.1 Å². The molecule has 0 aliphatic carbocycles. The number of carbonyl (C=O) groups is 2. The van der Waals surface area contributed by atoms with Crippen LogP contribution in [0.2, 0.25) is 0 Å². The number of amides is 2. The van der Waals surface area contributed by atoms with Crippen LogP contribution in [0, 0.1) is 5.92 Å². The van der Waals surface area contributed by atoms with Gasteiger partial charge in [-0.3, -0.25) is 9.59 Å². The van der Waals surface area contributed by atoms with Crippen molar-refractivity contribution in [1.82, 2.24) is 10.3 Å². The van der Waals surface area contributed by atoms with E-state index in [9.17, 15) is 9.59 Å². The number of nitrogens with zero attached hydrogens (tertiary/aromatic N) is 1. The molecule has 0 unspecified atom stereocenters. The van der Waals surface area contributed by atoms with Crippen molar-refractivity contribution in [2.24, 2.45) is 5.92 Å². The Hall–Kier alpha value is -1.96. The van der Waals surface area contributed by atoms with Crippen LogP contribution in [0.25, 0.3) is 11.3 Å². The highest BCUT2D eigenvalue weighted by atomic mass is 35.5. The number of benzene rings is 1. The summed E-state index contributed by atoms with van der Waals surface area (Å²) >= 11 is 1.43.